The first-order valence-electron chi connectivity index (χ1n) is 13.7. The van der Waals surface area contributed by atoms with Gasteiger partial charge >= 0.3 is 12.4 Å². The Morgan fingerprint density at radius 2 is 1.64 bits per heavy atom. The number of aromatic nitrogens is 1. The molecule has 2 N–H and O–H groups in total. The molecule has 0 radical (unpaired) electrons. The molecule has 1 saturated heterocycles. The standard InChI is InChI=1S/C31H34F6N4O/c1-20-5-6-22(12-21(20)2)14-28-19-40(9-7-27(38)13-23-4-3-8-39-18-23)10-11-41(28)29(42)24-15-25(30(32,33)34)17-26(16-24)31(35,36)37/h3-6,8,12,15-18,27-28H,7,9-11,13-14,19,38H2,1-2H3/t27?,28-/m1/s1. The normalized spacial score (nSPS) is 17.4. The molecule has 42 heavy (non-hydrogen) atoms. The van der Waals surface area contributed by atoms with Crippen LogP contribution in [0.5, 0.6) is 0 Å². The second-order valence-corrected chi connectivity index (χ2v) is 11.0. The second kappa shape index (κ2) is 12.8. The lowest BCUT2D eigenvalue weighted by atomic mass is 9.97. The zero-order valence-electron chi connectivity index (χ0n) is 23.5. The van der Waals surface area contributed by atoms with Crippen molar-refractivity contribution in [3.05, 3.63) is 99.9 Å². The first-order valence-corrected chi connectivity index (χ1v) is 13.7. The molecule has 1 fully saturated rings. The Bertz CT molecular complexity index is 1340. The molecule has 1 amide bonds. The second-order valence-electron chi connectivity index (χ2n) is 11.0. The highest BCUT2D eigenvalue weighted by Crippen LogP contribution is 2.37. The van der Waals surface area contributed by atoms with E-state index in [1.165, 1.54) is 4.90 Å². The number of amides is 1. The van der Waals surface area contributed by atoms with Crippen LogP contribution < -0.4 is 5.73 Å². The summed E-state index contributed by atoms with van der Waals surface area (Å²) in [5.41, 5.74) is 6.80. The van der Waals surface area contributed by atoms with Gasteiger partial charge < -0.3 is 10.6 Å². The highest BCUT2D eigenvalue weighted by atomic mass is 19.4. The highest BCUT2D eigenvalue weighted by Gasteiger charge is 2.39. The van der Waals surface area contributed by atoms with Crippen LogP contribution in [0.15, 0.2) is 60.9 Å². The third kappa shape index (κ3) is 8.10. The first kappa shape index (κ1) is 31.5. The van der Waals surface area contributed by atoms with E-state index in [-0.39, 0.29) is 18.7 Å². The van der Waals surface area contributed by atoms with Gasteiger partial charge in [0, 0.05) is 49.7 Å². The number of hydrogen-bond acceptors (Lipinski definition) is 4. The molecular weight excluding hydrogens is 558 g/mol. The summed E-state index contributed by atoms with van der Waals surface area (Å²) in [5.74, 6) is -0.853. The number of nitrogens with zero attached hydrogens (tertiary/aromatic N) is 3. The number of rotatable bonds is 8. The third-order valence-corrected chi connectivity index (χ3v) is 7.74. The van der Waals surface area contributed by atoms with Crippen molar-refractivity contribution in [3.63, 3.8) is 0 Å². The lowest BCUT2D eigenvalue weighted by Crippen LogP contribution is -2.56. The monoisotopic (exact) mass is 592 g/mol. The van der Waals surface area contributed by atoms with Gasteiger partial charge in [-0.3, -0.25) is 14.7 Å². The molecule has 11 heteroatoms. The molecule has 226 valence electrons. The van der Waals surface area contributed by atoms with E-state index in [0.29, 0.717) is 51.0 Å². The van der Waals surface area contributed by atoms with E-state index >= 15 is 0 Å². The average molecular weight is 593 g/mol. The zero-order valence-corrected chi connectivity index (χ0v) is 23.5. The fourth-order valence-corrected chi connectivity index (χ4v) is 5.28. The zero-order chi connectivity index (χ0) is 30.7. The quantitative estimate of drug-likeness (QED) is 0.323. The number of carbonyl (C=O) groups excluding carboxylic acids is 1. The van der Waals surface area contributed by atoms with Gasteiger partial charge in [0.05, 0.1) is 11.1 Å². The summed E-state index contributed by atoms with van der Waals surface area (Å²) in [6, 6.07) is 10.1. The van der Waals surface area contributed by atoms with Crippen LogP contribution >= 0.6 is 0 Å². The maximum absolute atomic E-state index is 13.6. The van der Waals surface area contributed by atoms with E-state index in [0.717, 1.165) is 22.3 Å². The SMILES string of the molecule is Cc1ccc(C[C@@H]2CN(CCC(N)Cc3cccnc3)CCN2C(=O)c2cc(C(F)(F)F)cc(C(F)(F)F)c2)cc1C. The molecule has 2 aromatic carbocycles. The van der Waals surface area contributed by atoms with Crippen molar-refractivity contribution in [3.8, 4) is 0 Å². The number of piperazine rings is 1. The summed E-state index contributed by atoms with van der Waals surface area (Å²) in [5, 5.41) is 0. The van der Waals surface area contributed by atoms with E-state index in [2.05, 4.69) is 9.88 Å². The number of carbonyl (C=O) groups is 1. The molecule has 1 aromatic heterocycles. The maximum Gasteiger partial charge on any atom is 0.416 e. The Kier molecular flexibility index (Phi) is 9.62. The average Bonchev–Trinajstić information content (AvgIpc) is 2.93. The van der Waals surface area contributed by atoms with Gasteiger partial charge in [0.2, 0.25) is 0 Å². The van der Waals surface area contributed by atoms with Gasteiger partial charge in [-0.15, -0.1) is 0 Å². The van der Waals surface area contributed by atoms with Gasteiger partial charge in [0.25, 0.3) is 5.91 Å². The van der Waals surface area contributed by atoms with Crippen LogP contribution in [-0.2, 0) is 25.2 Å². The Labute approximate surface area is 241 Å². The smallest absolute Gasteiger partial charge is 0.333 e. The summed E-state index contributed by atoms with van der Waals surface area (Å²) >= 11 is 0. The molecule has 5 nitrogen and oxygen atoms in total. The molecule has 1 aliphatic heterocycles. The van der Waals surface area contributed by atoms with Crippen molar-refractivity contribution in [2.75, 3.05) is 26.2 Å². The van der Waals surface area contributed by atoms with Crippen molar-refractivity contribution >= 4 is 5.91 Å². The minimum absolute atomic E-state index is 0.0377. The number of nitrogens with two attached hydrogens (primary N) is 1. The van der Waals surface area contributed by atoms with Crippen molar-refractivity contribution in [2.45, 2.75) is 57.5 Å². The van der Waals surface area contributed by atoms with Crippen molar-refractivity contribution in [2.24, 2.45) is 5.73 Å². The molecule has 1 unspecified atom stereocenters. The van der Waals surface area contributed by atoms with E-state index < -0.39 is 41.0 Å². The summed E-state index contributed by atoms with van der Waals surface area (Å²) in [4.78, 5) is 21.3. The Hall–Kier alpha value is -3.44. The molecule has 1 aliphatic rings. The fraction of sp³-hybridized carbons (Fsp3) is 0.419. The fourth-order valence-electron chi connectivity index (χ4n) is 5.28. The van der Waals surface area contributed by atoms with E-state index in [9.17, 15) is 31.1 Å². The number of alkyl halides is 6. The molecule has 2 heterocycles. The van der Waals surface area contributed by atoms with Crippen LogP contribution in [0.2, 0.25) is 0 Å². The van der Waals surface area contributed by atoms with Crippen LogP contribution in [0.3, 0.4) is 0 Å². The van der Waals surface area contributed by atoms with Crippen molar-refractivity contribution in [1.82, 2.24) is 14.8 Å². The summed E-state index contributed by atoms with van der Waals surface area (Å²) in [6.07, 6.45) is -4.91. The van der Waals surface area contributed by atoms with E-state index in [1.807, 2.05) is 44.2 Å². The van der Waals surface area contributed by atoms with Crippen molar-refractivity contribution in [1.29, 1.82) is 0 Å². The van der Waals surface area contributed by atoms with Gasteiger partial charge in [0.1, 0.15) is 0 Å². The number of pyridine rings is 1. The van der Waals surface area contributed by atoms with Gasteiger partial charge in [-0.2, -0.15) is 26.3 Å². The molecule has 0 spiro atoms. The van der Waals surface area contributed by atoms with Crippen LogP contribution in [0.25, 0.3) is 0 Å². The Morgan fingerprint density at radius 3 is 2.24 bits per heavy atom. The summed E-state index contributed by atoms with van der Waals surface area (Å²) in [6.45, 7) is 5.54. The lowest BCUT2D eigenvalue weighted by Gasteiger charge is -2.42. The number of hydrogen-bond donors (Lipinski definition) is 1. The van der Waals surface area contributed by atoms with Gasteiger partial charge in [-0.1, -0.05) is 24.3 Å². The van der Waals surface area contributed by atoms with Crippen LogP contribution in [0.4, 0.5) is 26.3 Å². The molecule has 2 atom stereocenters. The minimum Gasteiger partial charge on any atom is -0.333 e. The highest BCUT2D eigenvalue weighted by molar-refractivity contribution is 5.95. The van der Waals surface area contributed by atoms with Gasteiger partial charge in [-0.05, 0) is 86.2 Å². The van der Waals surface area contributed by atoms with Crippen LogP contribution in [-0.4, -0.2) is 59.0 Å². The van der Waals surface area contributed by atoms with Gasteiger partial charge in [0.15, 0.2) is 0 Å². The molecule has 0 aliphatic carbocycles. The molecule has 0 saturated carbocycles. The van der Waals surface area contributed by atoms with Crippen LogP contribution in [0.1, 0.15) is 50.2 Å². The summed E-state index contributed by atoms with van der Waals surface area (Å²) in [7, 11) is 0. The lowest BCUT2D eigenvalue weighted by molar-refractivity contribution is -0.143. The molecule has 4 rings (SSSR count). The number of halogens is 6. The maximum atomic E-state index is 13.6. The van der Waals surface area contributed by atoms with E-state index in [1.54, 1.807) is 12.4 Å². The predicted molar refractivity (Wildman–Crippen MR) is 148 cm³/mol. The Morgan fingerprint density at radius 1 is 0.952 bits per heavy atom. The third-order valence-electron chi connectivity index (χ3n) is 7.74. The molecule has 0 bridgehead atoms. The number of benzene rings is 2. The Balaban J connectivity index is 1.56. The van der Waals surface area contributed by atoms with Gasteiger partial charge in [-0.25, -0.2) is 0 Å². The summed E-state index contributed by atoms with van der Waals surface area (Å²) < 4.78 is 81.0. The molecule has 3 aromatic rings. The van der Waals surface area contributed by atoms with Crippen molar-refractivity contribution < 1.29 is 31.1 Å². The largest absolute Gasteiger partial charge is 0.416 e. The van der Waals surface area contributed by atoms with Crippen LogP contribution in [0, 0.1) is 13.8 Å². The number of aryl methyl sites for hydroxylation is 2. The minimum atomic E-state index is -5.04. The topological polar surface area (TPSA) is 62.5 Å². The molecular formula is C31H34F6N4O. The van der Waals surface area contributed by atoms with E-state index in [4.69, 9.17) is 5.73 Å². The first-order chi connectivity index (χ1) is 19.7. The predicted octanol–water partition coefficient (Wildman–Crippen LogP) is 6.07.